The summed E-state index contributed by atoms with van der Waals surface area (Å²) in [7, 11) is 0. The van der Waals surface area contributed by atoms with Crippen LogP contribution in [0.1, 0.15) is 112 Å². The van der Waals surface area contributed by atoms with E-state index in [0.717, 1.165) is 19.3 Å². The maximum atomic E-state index is 13.4. The fourth-order valence-corrected chi connectivity index (χ4v) is 8.57. The first-order valence-electron chi connectivity index (χ1n) is 16.9. The zero-order valence-electron chi connectivity index (χ0n) is 27.6. The highest BCUT2D eigenvalue weighted by atomic mass is 16.6. The second-order valence-corrected chi connectivity index (χ2v) is 14.0. The molecule has 4 aliphatic carbocycles. The Bertz CT molecular complexity index is 1200. The molecule has 8 heteroatoms. The first-order valence-corrected chi connectivity index (χ1v) is 16.9. The summed E-state index contributed by atoms with van der Waals surface area (Å²) in [6.45, 7) is 10.5. The monoisotopic (exact) mass is 614 g/mol. The Labute approximate surface area is 263 Å². The lowest BCUT2D eigenvalue weighted by molar-refractivity contribution is -0.227. The number of aliphatic hydroxyl groups is 3. The van der Waals surface area contributed by atoms with Crippen molar-refractivity contribution in [2.24, 2.45) is 29.6 Å². The van der Waals surface area contributed by atoms with Crippen LogP contribution in [0.4, 0.5) is 0 Å². The number of hydrogen-bond acceptors (Lipinski definition) is 8. The first kappa shape index (κ1) is 34.6. The molecule has 0 amide bonds. The third-order valence-electron chi connectivity index (χ3n) is 11.3. The molecule has 246 valence electrons. The van der Waals surface area contributed by atoms with Crippen LogP contribution in [0.2, 0.25) is 0 Å². The Balaban J connectivity index is 1.60. The predicted molar refractivity (Wildman–Crippen MR) is 167 cm³/mol. The Morgan fingerprint density at radius 2 is 1.61 bits per heavy atom. The number of Topliss-reactive ketones (excluding diaryl/α,β-unsaturated/α-hetero) is 1. The van der Waals surface area contributed by atoms with Crippen LogP contribution in [-0.2, 0) is 23.9 Å². The highest BCUT2D eigenvalue weighted by Gasteiger charge is 2.83. The quantitative estimate of drug-likeness (QED) is 0.101. The van der Waals surface area contributed by atoms with Gasteiger partial charge >= 0.3 is 11.9 Å². The second-order valence-electron chi connectivity index (χ2n) is 14.0. The molecule has 3 N–H and O–H groups in total. The summed E-state index contributed by atoms with van der Waals surface area (Å²) in [4.78, 5) is 39.9. The standard InChI is InChI=1S/C36H54O8/c1-7-9-10-11-12-13-14-15-16-17-29(38)44-36-24(5)30(36)27-19-26(21-37)20-34(41)28(18-23(4)31(34)39)35(27,42)25(6)32(36)43-33(40)22(3)8-2/h8,18-19,24-25,27-28,30,32,37,41-42H,7,9-17,20-21H2,1-6H3/b22-8+/t24-,25-,27+,28-,30+,32-,34-,35-,36-/m1/s1. The largest absolute Gasteiger partial charge is 0.454 e. The van der Waals surface area contributed by atoms with Gasteiger partial charge in [-0.1, -0.05) is 90.4 Å². The molecule has 0 aromatic heterocycles. The van der Waals surface area contributed by atoms with Gasteiger partial charge in [0.1, 0.15) is 11.7 Å². The highest BCUT2D eigenvalue weighted by molar-refractivity contribution is 6.04. The molecule has 2 saturated carbocycles. The van der Waals surface area contributed by atoms with Gasteiger partial charge in [-0.05, 0) is 38.3 Å². The first-order chi connectivity index (χ1) is 20.8. The second kappa shape index (κ2) is 13.6. The number of ether oxygens (including phenoxy) is 2. The van der Waals surface area contributed by atoms with E-state index >= 15 is 0 Å². The van der Waals surface area contributed by atoms with Crippen LogP contribution in [0.3, 0.4) is 0 Å². The lowest BCUT2D eigenvalue weighted by atomic mass is 9.59. The van der Waals surface area contributed by atoms with E-state index in [0.29, 0.717) is 23.1 Å². The van der Waals surface area contributed by atoms with Gasteiger partial charge in [0.2, 0.25) is 0 Å². The molecule has 0 spiro atoms. The fourth-order valence-electron chi connectivity index (χ4n) is 8.57. The van der Waals surface area contributed by atoms with Crippen LogP contribution in [0.25, 0.3) is 0 Å². The number of ketones is 1. The molecule has 4 aliphatic rings. The van der Waals surface area contributed by atoms with Crippen molar-refractivity contribution in [3.05, 3.63) is 34.9 Å². The zero-order chi connectivity index (χ0) is 32.4. The third kappa shape index (κ3) is 5.87. The van der Waals surface area contributed by atoms with Gasteiger partial charge < -0.3 is 24.8 Å². The molecule has 8 nitrogen and oxygen atoms in total. The van der Waals surface area contributed by atoms with Crippen molar-refractivity contribution >= 4 is 17.7 Å². The van der Waals surface area contributed by atoms with Crippen molar-refractivity contribution in [2.45, 2.75) is 135 Å². The summed E-state index contributed by atoms with van der Waals surface area (Å²) >= 11 is 0. The number of carbonyl (C=O) groups excluding carboxylic acids is 3. The van der Waals surface area contributed by atoms with E-state index in [-0.39, 0.29) is 31.3 Å². The van der Waals surface area contributed by atoms with Gasteiger partial charge in [0, 0.05) is 48.0 Å². The zero-order valence-corrected chi connectivity index (χ0v) is 27.6. The summed E-state index contributed by atoms with van der Waals surface area (Å²) < 4.78 is 12.5. The Morgan fingerprint density at radius 1 is 1.00 bits per heavy atom. The highest BCUT2D eigenvalue weighted by Crippen LogP contribution is 2.71. The van der Waals surface area contributed by atoms with Gasteiger partial charge in [-0.25, -0.2) is 4.79 Å². The molecule has 0 bridgehead atoms. The molecule has 0 radical (unpaired) electrons. The smallest absolute Gasteiger partial charge is 0.333 e. The summed E-state index contributed by atoms with van der Waals surface area (Å²) in [6, 6.07) is 0. The van der Waals surface area contributed by atoms with E-state index in [1.54, 1.807) is 45.9 Å². The summed E-state index contributed by atoms with van der Waals surface area (Å²) in [5.74, 6) is -4.57. The average molecular weight is 615 g/mol. The number of aliphatic hydroxyl groups excluding tert-OH is 1. The summed E-state index contributed by atoms with van der Waals surface area (Å²) in [6.07, 6.45) is 14.3. The van der Waals surface area contributed by atoms with Crippen LogP contribution in [0, 0.1) is 29.6 Å². The number of carbonyl (C=O) groups is 3. The van der Waals surface area contributed by atoms with Gasteiger partial charge in [0.25, 0.3) is 0 Å². The Morgan fingerprint density at radius 3 is 2.20 bits per heavy atom. The number of allylic oxidation sites excluding steroid dienone is 1. The number of unbranched alkanes of at least 4 members (excludes halogenated alkanes) is 8. The lowest BCUT2D eigenvalue weighted by Gasteiger charge is -2.53. The van der Waals surface area contributed by atoms with Gasteiger partial charge in [0.05, 0.1) is 12.2 Å². The number of hydrogen-bond donors (Lipinski definition) is 3. The van der Waals surface area contributed by atoms with E-state index in [2.05, 4.69) is 6.92 Å². The number of esters is 2. The van der Waals surface area contributed by atoms with E-state index in [4.69, 9.17) is 9.47 Å². The van der Waals surface area contributed by atoms with Crippen LogP contribution in [-0.4, -0.2) is 62.6 Å². The topological polar surface area (TPSA) is 130 Å². The molecule has 0 saturated heterocycles. The summed E-state index contributed by atoms with van der Waals surface area (Å²) in [5.41, 5.74) is -3.62. The minimum absolute atomic E-state index is 0.110. The minimum atomic E-state index is -1.94. The van der Waals surface area contributed by atoms with Crippen molar-refractivity contribution in [3.8, 4) is 0 Å². The molecule has 0 aromatic rings. The normalized spacial score (nSPS) is 37.7. The number of rotatable bonds is 14. The molecule has 0 aliphatic heterocycles. The SMILES string of the molecule is C/C=C(\C)C(=O)O[C@@H]1[C@@H](C)[C@@]2(O)[C@@H](C=C(CO)C[C@]3(O)C(=O)C(C)=C[C@@H]23)[C@@H]2[C@@H](C)[C@@]21OC(=O)CCCCCCCCCCC. The Kier molecular flexibility index (Phi) is 10.7. The molecular formula is C36H54O8. The summed E-state index contributed by atoms with van der Waals surface area (Å²) in [5, 5.41) is 34.8. The maximum absolute atomic E-state index is 13.4. The van der Waals surface area contributed by atoms with Crippen LogP contribution >= 0.6 is 0 Å². The van der Waals surface area contributed by atoms with Crippen molar-refractivity contribution in [1.82, 2.24) is 0 Å². The molecule has 0 aromatic carbocycles. The van der Waals surface area contributed by atoms with E-state index in [1.807, 2.05) is 6.92 Å². The van der Waals surface area contributed by atoms with Crippen molar-refractivity contribution in [3.63, 3.8) is 0 Å². The Hall–Kier alpha value is -2.29. The van der Waals surface area contributed by atoms with E-state index < -0.39 is 58.3 Å². The van der Waals surface area contributed by atoms with Gasteiger partial charge in [-0.3, -0.25) is 9.59 Å². The van der Waals surface area contributed by atoms with Gasteiger partial charge in [-0.15, -0.1) is 0 Å². The van der Waals surface area contributed by atoms with Crippen LogP contribution < -0.4 is 0 Å². The molecule has 44 heavy (non-hydrogen) atoms. The maximum Gasteiger partial charge on any atom is 0.333 e. The fraction of sp³-hybridized carbons (Fsp3) is 0.750. The lowest BCUT2D eigenvalue weighted by Crippen LogP contribution is -2.66. The molecule has 0 unspecified atom stereocenters. The van der Waals surface area contributed by atoms with E-state index in [9.17, 15) is 29.7 Å². The third-order valence-corrected chi connectivity index (χ3v) is 11.3. The average Bonchev–Trinajstić information content (AvgIpc) is 3.53. The molecule has 9 atom stereocenters. The van der Waals surface area contributed by atoms with Gasteiger partial charge in [-0.2, -0.15) is 0 Å². The molecule has 0 heterocycles. The van der Waals surface area contributed by atoms with Crippen molar-refractivity contribution in [2.75, 3.05) is 6.61 Å². The number of fused-ring (bicyclic) bond motifs is 5. The minimum Gasteiger partial charge on any atom is -0.454 e. The molecule has 2 fully saturated rings. The predicted octanol–water partition coefficient (Wildman–Crippen LogP) is 5.53. The van der Waals surface area contributed by atoms with Crippen molar-refractivity contribution < 1.29 is 39.2 Å². The van der Waals surface area contributed by atoms with E-state index in [1.165, 1.54) is 32.1 Å². The van der Waals surface area contributed by atoms with Crippen molar-refractivity contribution in [1.29, 1.82) is 0 Å². The van der Waals surface area contributed by atoms with Crippen LogP contribution in [0.15, 0.2) is 34.9 Å². The molecular weight excluding hydrogens is 560 g/mol. The molecule has 4 rings (SSSR count). The van der Waals surface area contributed by atoms with Crippen LogP contribution in [0.5, 0.6) is 0 Å². The van der Waals surface area contributed by atoms with Gasteiger partial charge in [0.15, 0.2) is 11.4 Å².